The number of amides is 1. The molecule has 19 heavy (non-hydrogen) atoms. The van der Waals surface area contributed by atoms with Crippen LogP contribution in [0.5, 0.6) is 0 Å². The second-order valence-electron chi connectivity index (χ2n) is 5.57. The number of nitrogens with one attached hydrogen (secondary N) is 1. The summed E-state index contributed by atoms with van der Waals surface area (Å²) in [5, 5.41) is 7.33. The molecule has 5 heteroatoms. The van der Waals surface area contributed by atoms with Crippen molar-refractivity contribution >= 4 is 5.91 Å². The number of hydrogen-bond acceptors (Lipinski definition) is 3. The maximum absolute atomic E-state index is 12.3. The molecule has 1 fully saturated rings. The molecule has 2 unspecified atom stereocenters. The van der Waals surface area contributed by atoms with Crippen molar-refractivity contribution in [3.8, 4) is 0 Å². The Bertz CT molecular complexity index is 466. The largest absolute Gasteiger partial charge is 0.352 e. The van der Waals surface area contributed by atoms with Gasteiger partial charge in [-0.2, -0.15) is 5.10 Å². The average Bonchev–Trinajstić information content (AvgIpc) is 2.92. The minimum Gasteiger partial charge on any atom is -0.352 e. The maximum atomic E-state index is 12.3. The number of aromatic nitrogens is 2. The first-order chi connectivity index (χ1) is 9.04. The Morgan fingerprint density at radius 2 is 2.11 bits per heavy atom. The molecule has 1 amide bonds. The highest BCUT2D eigenvalue weighted by Gasteiger charge is 2.27. The van der Waals surface area contributed by atoms with Crippen LogP contribution in [-0.2, 0) is 7.05 Å². The summed E-state index contributed by atoms with van der Waals surface area (Å²) in [6, 6.07) is 0. The smallest absolute Gasteiger partial charge is 0.255 e. The van der Waals surface area contributed by atoms with Gasteiger partial charge in [0, 0.05) is 19.3 Å². The normalized spacial score (nSPS) is 22.7. The maximum Gasteiger partial charge on any atom is 0.255 e. The molecule has 2 rings (SSSR count). The third kappa shape index (κ3) is 2.81. The summed E-state index contributed by atoms with van der Waals surface area (Å²) in [5.41, 5.74) is 8.18. The predicted molar refractivity (Wildman–Crippen MR) is 74.9 cm³/mol. The van der Waals surface area contributed by atoms with Gasteiger partial charge in [-0.05, 0) is 45.1 Å². The number of aryl methyl sites for hydroxylation is 2. The summed E-state index contributed by atoms with van der Waals surface area (Å²) in [4.78, 5) is 12.3. The number of nitrogens with two attached hydrogens (primary N) is 1. The van der Waals surface area contributed by atoms with Gasteiger partial charge in [-0.25, -0.2) is 0 Å². The Hall–Kier alpha value is -1.36. The molecule has 1 aromatic heterocycles. The van der Waals surface area contributed by atoms with E-state index < -0.39 is 0 Å². The minimum atomic E-state index is -0.00854. The molecular weight excluding hydrogens is 240 g/mol. The van der Waals surface area contributed by atoms with Crippen LogP contribution in [0.3, 0.4) is 0 Å². The van der Waals surface area contributed by atoms with Crippen LogP contribution in [0.15, 0.2) is 0 Å². The van der Waals surface area contributed by atoms with Crippen LogP contribution in [0.2, 0.25) is 0 Å². The standard InChI is InChI=1S/C14H24N4O/c1-9-13(10(2)18(3)17-9)14(19)16-8-12-6-4-5-11(12)7-15/h11-12H,4-8,15H2,1-3H3,(H,16,19). The Morgan fingerprint density at radius 1 is 1.42 bits per heavy atom. The summed E-state index contributed by atoms with van der Waals surface area (Å²) >= 11 is 0. The van der Waals surface area contributed by atoms with Gasteiger partial charge in [-0.1, -0.05) is 6.42 Å². The Labute approximate surface area is 114 Å². The van der Waals surface area contributed by atoms with Crippen molar-refractivity contribution in [3.05, 3.63) is 17.0 Å². The molecule has 1 heterocycles. The SMILES string of the molecule is Cc1nn(C)c(C)c1C(=O)NCC1CCCC1CN. The van der Waals surface area contributed by atoms with E-state index in [1.54, 1.807) is 4.68 Å². The molecular formula is C14H24N4O. The number of carbonyl (C=O) groups is 1. The van der Waals surface area contributed by atoms with E-state index in [-0.39, 0.29) is 5.91 Å². The third-order valence-electron chi connectivity index (χ3n) is 4.38. The lowest BCUT2D eigenvalue weighted by Crippen LogP contribution is -2.33. The Kier molecular flexibility index (Phi) is 4.24. The van der Waals surface area contributed by atoms with Gasteiger partial charge in [0.05, 0.1) is 11.3 Å². The second-order valence-corrected chi connectivity index (χ2v) is 5.57. The molecule has 5 nitrogen and oxygen atoms in total. The summed E-state index contributed by atoms with van der Waals surface area (Å²) in [5.74, 6) is 1.09. The van der Waals surface area contributed by atoms with E-state index >= 15 is 0 Å². The van der Waals surface area contributed by atoms with E-state index in [0.29, 0.717) is 17.4 Å². The lowest BCUT2D eigenvalue weighted by Gasteiger charge is -2.18. The summed E-state index contributed by atoms with van der Waals surface area (Å²) in [6.45, 7) is 5.26. The van der Waals surface area contributed by atoms with E-state index in [1.807, 2.05) is 20.9 Å². The van der Waals surface area contributed by atoms with Gasteiger partial charge in [-0.15, -0.1) is 0 Å². The Morgan fingerprint density at radius 3 is 2.68 bits per heavy atom. The number of hydrogen-bond donors (Lipinski definition) is 2. The molecule has 2 atom stereocenters. The third-order valence-corrected chi connectivity index (χ3v) is 4.38. The monoisotopic (exact) mass is 264 g/mol. The van der Waals surface area contributed by atoms with E-state index in [9.17, 15) is 4.79 Å². The molecule has 0 bridgehead atoms. The molecule has 1 aliphatic carbocycles. The zero-order valence-electron chi connectivity index (χ0n) is 12.1. The van der Waals surface area contributed by atoms with Gasteiger partial charge in [0.2, 0.25) is 0 Å². The highest BCUT2D eigenvalue weighted by atomic mass is 16.1. The van der Waals surface area contributed by atoms with Crippen molar-refractivity contribution in [2.24, 2.45) is 24.6 Å². The highest BCUT2D eigenvalue weighted by Crippen LogP contribution is 2.30. The van der Waals surface area contributed by atoms with Crippen LogP contribution in [0.1, 0.15) is 41.0 Å². The molecule has 0 spiro atoms. The minimum absolute atomic E-state index is 0.00854. The zero-order chi connectivity index (χ0) is 14.0. The van der Waals surface area contributed by atoms with Gasteiger partial charge in [-0.3, -0.25) is 9.48 Å². The number of rotatable bonds is 4. The van der Waals surface area contributed by atoms with E-state index in [2.05, 4.69) is 10.4 Å². The first kappa shape index (κ1) is 14.1. The molecule has 0 radical (unpaired) electrons. The van der Waals surface area contributed by atoms with E-state index in [1.165, 1.54) is 19.3 Å². The Balaban J connectivity index is 1.98. The molecule has 106 valence electrons. The predicted octanol–water partition coefficient (Wildman–Crippen LogP) is 1.14. The van der Waals surface area contributed by atoms with Crippen LogP contribution < -0.4 is 11.1 Å². The van der Waals surface area contributed by atoms with E-state index in [0.717, 1.165) is 24.5 Å². The van der Waals surface area contributed by atoms with Crippen molar-refractivity contribution in [2.45, 2.75) is 33.1 Å². The van der Waals surface area contributed by atoms with Gasteiger partial charge < -0.3 is 11.1 Å². The van der Waals surface area contributed by atoms with Crippen molar-refractivity contribution in [2.75, 3.05) is 13.1 Å². The van der Waals surface area contributed by atoms with Gasteiger partial charge >= 0.3 is 0 Å². The first-order valence-electron chi connectivity index (χ1n) is 7.03. The zero-order valence-corrected chi connectivity index (χ0v) is 12.1. The average molecular weight is 264 g/mol. The fourth-order valence-corrected chi connectivity index (χ4v) is 3.11. The lowest BCUT2D eigenvalue weighted by molar-refractivity contribution is 0.0943. The van der Waals surface area contributed by atoms with Crippen LogP contribution in [-0.4, -0.2) is 28.8 Å². The fourth-order valence-electron chi connectivity index (χ4n) is 3.11. The molecule has 1 saturated carbocycles. The molecule has 1 aromatic rings. The van der Waals surface area contributed by atoms with Crippen molar-refractivity contribution in [1.82, 2.24) is 15.1 Å². The summed E-state index contributed by atoms with van der Waals surface area (Å²) in [7, 11) is 1.86. The first-order valence-corrected chi connectivity index (χ1v) is 7.03. The number of carbonyl (C=O) groups excluding carboxylic acids is 1. The fraction of sp³-hybridized carbons (Fsp3) is 0.714. The van der Waals surface area contributed by atoms with Gasteiger partial charge in [0.25, 0.3) is 5.91 Å². The number of nitrogens with zero attached hydrogens (tertiary/aromatic N) is 2. The summed E-state index contributed by atoms with van der Waals surface area (Å²) in [6.07, 6.45) is 3.60. The van der Waals surface area contributed by atoms with Crippen molar-refractivity contribution in [3.63, 3.8) is 0 Å². The van der Waals surface area contributed by atoms with E-state index in [4.69, 9.17) is 5.73 Å². The molecule has 3 N–H and O–H groups in total. The van der Waals surface area contributed by atoms with Gasteiger partial charge in [0.1, 0.15) is 0 Å². The van der Waals surface area contributed by atoms with Crippen molar-refractivity contribution in [1.29, 1.82) is 0 Å². The summed E-state index contributed by atoms with van der Waals surface area (Å²) < 4.78 is 1.75. The van der Waals surface area contributed by atoms with Crippen molar-refractivity contribution < 1.29 is 4.79 Å². The second kappa shape index (κ2) is 5.74. The van der Waals surface area contributed by atoms with Crippen LogP contribution in [0.25, 0.3) is 0 Å². The highest BCUT2D eigenvalue weighted by molar-refractivity contribution is 5.96. The van der Waals surface area contributed by atoms with Crippen LogP contribution >= 0.6 is 0 Å². The van der Waals surface area contributed by atoms with Crippen LogP contribution in [0, 0.1) is 25.7 Å². The molecule has 0 saturated heterocycles. The molecule has 0 aromatic carbocycles. The molecule has 1 aliphatic rings. The quantitative estimate of drug-likeness (QED) is 0.856. The lowest BCUT2D eigenvalue weighted by atomic mass is 9.96. The van der Waals surface area contributed by atoms with Crippen LogP contribution in [0.4, 0.5) is 0 Å². The topological polar surface area (TPSA) is 72.9 Å². The molecule has 0 aliphatic heterocycles. The van der Waals surface area contributed by atoms with Gasteiger partial charge in [0.15, 0.2) is 0 Å².